The van der Waals surface area contributed by atoms with Crippen LogP contribution in [0.25, 0.3) is 0 Å². The minimum Gasteiger partial charge on any atom is -0.444 e. The number of carbonyl (C=O) groups is 1. The summed E-state index contributed by atoms with van der Waals surface area (Å²) in [5, 5.41) is 1.04. The molecule has 0 aromatic heterocycles. The molecule has 1 fully saturated rings. The molecule has 0 aliphatic carbocycles. The molecule has 1 saturated heterocycles. The van der Waals surface area contributed by atoms with Crippen molar-refractivity contribution < 1.29 is 9.53 Å². The van der Waals surface area contributed by atoms with E-state index in [1.807, 2.05) is 25.7 Å². The topological polar surface area (TPSA) is 29.5 Å². The van der Waals surface area contributed by atoms with E-state index in [4.69, 9.17) is 4.74 Å². The van der Waals surface area contributed by atoms with Crippen molar-refractivity contribution in [3.8, 4) is 0 Å². The van der Waals surface area contributed by atoms with Gasteiger partial charge in [-0.15, -0.1) is 0 Å². The maximum absolute atomic E-state index is 11.9. The van der Waals surface area contributed by atoms with Crippen LogP contribution in [-0.4, -0.2) is 35.0 Å². The van der Waals surface area contributed by atoms with E-state index < -0.39 is 5.60 Å². The number of rotatable bonds is 1. The van der Waals surface area contributed by atoms with Crippen LogP contribution in [0.4, 0.5) is 4.79 Å². The van der Waals surface area contributed by atoms with Gasteiger partial charge in [-0.25, -0.2) is 4.79 Å². The molecular formula is C12H22BrNO2. The lowest BCUT2D eigenvalue weighted by atomic mass is 10.0. The molecule has 1 unspecified atom stereocenters. The van der Waals surface area contributed by atoms with E-state index in [1.165, 1.54) is 6.42 Å². The molecule has 94 valence electrons. The van der Waals surface area contributed by atoms with Gasteiger partial charge in [0.25, 0.3) is 0 Å². The van der Waals surface area contributed by atoms with Gasteiger partial charge in [0.2, 0.25) is 0 Å². The molecule has 0 bridgehead atoms. The minimum atomic E-state index is -0.391. The summed E-state index contributed by atoms with van der Waals surface area (Å²) in [5.41, 5.74) is -0.391. The highest BCUT2D eigenvalue weighted by atomic mass is 79.9. The van der Waals surface area contributed by atoms with Crippen molar-refractivity contribution in [3.63, 3.8) is 0 Å². The lowest BCUT2D eigenvalue weighted by molar-refractivity contribution is 0.0255. The number of amides is 1. The van der Waals surface area contributed by atoms with Gasteiger partial charge in [0, 0.05) is 18.4 Å². The zero-order chi connectivity index (χ0) is 12.2. The zero-order valence-electron chi connectivity index (χ0n) is 10.5. The summed E-state index contributed by atoms with van der Waals surface area (Å²) < 4.78 is 5.38. The molecule has 1 aliphatic heterocycles. The summed E-state index contributed by atoms with van der Waals surface area (Å²) in [6, 6.07) is 0. The van der Waals surface area contributed by atoms with Crippen LogP contribution in [-0.2, 0) is 4.74 Å². The second-order valence-corrected chi connectivity index (χ2v) is 6.07. The van der Waals surface area contributed by atoms with Crippen molar-refractivity contribution in [2.24, 2.45) is 5.92 Å². The molecule has 0 aromatic rings. The molecule has 0 saturated carbocycles. The highest BCUT2D eigenvalue weighted by Gasteiger charge is 2.24. The predicted molar refractivity (Wildman–Crippen MR) is 68.9 cm³/mol. The Labute approximate surface area is 107 Å². The van der Waals surface area contributed by atoms with Gasteiger partial charge in [-0.3, -0.25) is 0 Å². The van der Waals surface area contributed by atoms with Gasteiger partial charge in [-0.2, -0.15) is 0 Å². The Balaban J connectivity index is 2.45. The Morgan fingerprint density at radius 1 is 1.38 bits per heavy atom. The Hall–Kier alpha value is -0.250. The Morgan fingerprint density at radius 3 is 2.62 bits per heavy atom. The summed E-state index contributed by atoms with van der Waals surface area (Å²) in [6.07, 6.45) is 3.19. The van der Waals surface area contributed by atoms with Crippen LogP contribution < -0.4 is 0 Å². The minimum absolute atomic E-state index is 0.164. The molecule has 0 N–H and O–H groups in total. The van der Waals surface area contributed by atoms with Crippen molar-refractivity contribution in [1.82, 2.24) is 4.90 Å². The zero-order valence-corrected chi connectivity index (χ0v) is 12.0. The Bertz CT molecular complexity index is 238. The first-order chi connectivity index (χ1) is 7.42. The fraction of sp³-hybridized carbons (Fsp3) is 0.917. The van der Waals surface area contributed by atoms with E-state index in [1.54, 1.807) is 0 Å². The molecule has 0 spiro atoms. The van der Waals surface area contributed by atoms with E-state index in [9.17, 15) is 4.79 Å². The molecule has 4 heteroatoms. The van der Waals surface area contributed by atoms with Crippen molar-refractivity contribution in [2.75, 3.05) is 18.4 Å². The first-order valence-corrected chi connectivity index (χ1v) is 7.08. The monoisotopic (exact) mass is 291 g/mol. The van der Waals surface area contributed by atoms with Crippen LogP contribution in [0, 0.1) is 5.92 Å². The molecule has 1 amide bonds. The summed E-state index contributed by atoms with van der Waals surface area (Å²) in [5.74, 6) is 0.701. The molecule has 16 heavy (non-hydrogen) atoms. The third kappa shape index (κ3) is 4.73. The first-order valence-electron chi connectivity index (χ1n) is 5.96. The maximum Gasteiger partial charge on any atom is 0.410 e. The smallest absolute Gasteiger partial charge is 0.410 e. The molecule has 1 heterocycles. The number of likely N-dealkylation sites (tertiary alicyclic amines) is 1. The molecule has 0 aromatic carbocycles. The number of hydrogen-bond acceptors (Lipinski definition) is 2. The van der Waals surface area contributed by atoms with Crippen molar-refractivity contribution in [2.45, 2.75) is 45.6 Å². The lowest BCUT2D eigenvalue weighted by Gasteiger charge is -2.26. The van der Waals surface area contributed by atoms with Crippen molar-refractivity contribution in [3.05, 3.63) is 0 Å². The third-order valence-corrected chi connectivity index (χ3v) is 3.63. The van der Waals surface area contributed by atoms with Gasteiger partial charge in [0.1, 0.15) is 5.60 Å². The van der Waals surface area contributed by atoms with Gasteiger partial charge < -0.3 is 9.64 Å². The van der Waals surface area contributed by atoms with Gasteiger partial charge in [0.05, 0.1) is 0 Å². The molecular weight excluding hydrogens is 270 g/mol. The number of halogens is 1. The van der Waals surface area contributed by atoms with Crippen LogP contribution in [0.3, 0.4) is 0 Å². The molecule has 0 radical (unpaired) electrons. The Morgan fingerprint density at radius 2 is 2.06 bits per heavy atom. The number of alkyl halides is 1. The fourth-order valence-corrected chi connectivity index (χ4v) is 2.48. The highest BCUT2D eigenvalue weighted by Crippen LogP contribution is 2.20. The molecule has 1 aliphatic rings. The normalized spacial score (nSPS) is 22.8. The van der Waals surface area contributed by atoms with Crippen LogP contribution in [0.5, 0.6) is 0 Å². The summed E-state index contributed by atoms with van der Waals surface area (Å²) in [6.45, 7) is 7.38. The molecule has 3 nitrogen and oxygen atoms in total. The van der Waals surface area contributed by atoms with Crippen LogP contribution in [0.15, 0.2) is 0 Å². The van der Waals surface area contributed by atoms with Gasteiger partial charge in [0.15, 0.2) is 0 Å². The first kappa shape index (κ1) is 13.8. The lowest BCUT2D eigenvalue weighted by Crippen LogP contribution is -2.37. The maximum atomic E-state index is 11.9. The number of nitrogens with zero attached hydrogens (tertiary/aromatic N) is 1. The fourth-order valence-electron chi connectivity index (χ4n) is 1.83. The Kier molecular flexibility index (Phi) is 5.09. The second-order valence-electron chi connectivity index (χ2n) is 5.42. The summed E-state index contributed by atoms with van der Waals surface area (Å²) in [7, 11) is 0. The number of ether oxygens (including phenoxy) is 1. The SMILES string of the molecule is CC(C)(C)OC(=O)N1CCCC(CBr)CC1. The molecule has 1 rings (SSSR count). The van der Waals surface area contributed by atoms with E-state index in [0.29, 0.717) is 5.92 Å². The summed E-state index contributed by atoms with van der Waals surface area (Å²) >= 11 is 3.52. The van der Waals surface area contributed by atoms with Crippen LogP contribution in [0.1, 0.15) is 40.0 Å². The average Bonchev–Trinajstić information content (AvgIpc) is 2.39. The van der Waals surface area contributed by atoms with Crippen molar-refractivity contribution in [1.29, 1.82) is 0 Å². The third-order valence-electron chi connectivity index (χ3n) is 2.72. The van der Waals surface area contributed by atoms with Crippen LogP contribution in [0.2, 0.25) is 0 Å². The van der Waals surface area contributed by atoms with E-state index in [0.717, 1.165) is 31.3 Å². The number of hydrogen-bond donors (Lipinski definition) is 0. The van der Waals surface area contributed by atoms with E-state index >= 15 is 0 Å². The standard InChI is InChI=1S/C12H22BrNO2/c1-12(2,3)16-11(15)14-7-4-5-10(9-13)6-8-14/h10H,4-9H2,1-3H3. The number of carbonyl (C=O) groups excluding carboxylic acids is 1. The predicted octanol–water partition coefficient (Wildman–Crippen LogP) is 3.42. The molecule has 1 atom stereocenters. The van der Waals surface area contributed by atoms with Gasteiger partial charge >= 0.3 is 6.09 Å². The second kappa shape index (κ2) is 5.89. The van der Waals surface area contributed by atoms with Gasteiger partial charge in [-0.05, 0) is 46.0 Å². The average molecular weight is 292 g/mol. The van der Waals surface area contributed by atoms with Crippen molar-refractivity contribution >= 4 is 22.0 Å². The summed E-state index contributed by atoms with van der Waals surface area (Å²) in [4.78, 5) is 13.7. The van der Waals surface area contributed by atoms with E-state index in [-0.39, 0.29) is 6.09 Å². The largest absolute Gasteiger partial charge is 0.444 e. The quantitative estimate of drug-likeness (QED) is 0.693. The van der Waals surface area contributed by atoms with E-state index in [2.05, 4.69) is 15.9 Å². The van der Waals surface area contributed by atoms with Gasteiger partial charge in [-0.1, -0.05) is 15.9 Å². The highest BCUT2D eigenvalue weighted by molar-refractivity contribution is 9.09. The van der Waals surface area contributed by atoms with Crippen LogP contribution >= 0.6 is 15.9 Å².